The van der Waals surface area contributed by atoms with Crippen LogP contribution in [0.5, 0.6) is 0 Å². The van der Waals surface area contributed by atoms with Gasteiger partial charge in [-0.05, 0) is 49.3 Å². The first-order valence-electron chi connectivity index (χ1n) is 9.40. The van der Waals surface area contributed by atoms with Crippen LogP contribution in [-0.4, -0.2) is 36.3 Å². The van der Waals surface area contributed by atoms with Crippen molar-refractivity contribution < 1.29 is 9.59 Å². The summed E-state index contributed by atoms with van der Waals surface area (Å²) < 4.78 is 0. The van der Waals surface area contributed by atoms with Crippen molar-refractivity contribution in [2.45, 2.75) is 57.3 Å². The van der Waals surface area contributed by atoms with Crippen molar-refractivity contribution in [1.82, 2.24) is 10.2 Å². The number of hydrogen-bond donors (Lipinski definition) is 1. The van der Waals surface area contributed by atoms with Crippen molar-refractivity contribution in [3.05, 3.63) is 35.4 Å². The predicted octanol–water partition coefficient (Wildman–Crippen LogP) is 3.48. The van der Waals surface area contributed by atoms with E-state index in [-0.39, 0.29) is 11.8 Å². The Balaban J connectivity index is 1.42. The highest BCUT2D eigenvalue weighted by Crippen LogP contribution is 2.32. The Kier molecular flexibility index (Phi) is 5.89. The van der Waals surface area contributed by atoms with Crippen molar-refractivity contribution in [3.63, 3.8) is 0 Å². The number of benzene rings is 1. The van der Waals surface area contributed by atoms with Gasteiger partial charge in [-0.1, -0.05) is 31.4 Å². The van der Waals surface area contributed by atoms with Gasteiger partial charge in [0, 0.05) is 31.6 Å². The van der Waals surface area contributed by atoms with E-state index in [0.29, 0.717) is 18.9 Å². The minimum absolute atomic E-state index is 0.0158. The molecule has 1 saturated heterocycles. The van der Waals surface area contributed by atoms with E-state index in [9.17, 15) is 9.59 Å². The molecular weight excluding hydrogens is 300 g/mol. The molecule has 0 spiro atoms. The van der Waals surface area contributed by atoms with Crippen LogP contribution in [0.4, 0.5) is 0 Å². The first-order chi connectivity index (χ1) is 11.7. The number of carbonyl (C=O) groups excluding carboxylic acids is 2. The van der Waals surface area contributed by atoms with Gasteiger partial charge < -0.3 is 10.2 Å². The summed E-state index contributed by atoms with van der Waals surface area (Å²) in [6.45, 7) is 2.24. The number of likely N-dealkylation sites (tertiary alicyclic amines) is 1. The molecule has 1 aliphatic heterocycles. The van der Waals surface area contributed by atoms with Gasteiger partial charge in [-0.15, -0.1) is 0 Å². The normalized spacial score (nSPS) is 18.8. The number of amides is 2. The minimum Gasteiger partial charge on any atom is -0.352 e. The van der Waals surface area contributed by atoms with E-state index >= 15 is 0 Å². The Labute approximate surface area is 144 Å². The molecule has 0 aromatic heterocycles. The van der Waals surface area contributed by atoms with Gasteiger partial charge in [0.1, 0.15) is 0 Å². The second-order valence-corrected chi connectivity index (χ2v) is 7.05. The molecule has 4 heteroatoms. The SMILES string of the molecule is O=C(NCCCN1CCCC1=O)c1ccc(C2CCCCC2)cc1. The summed E-state index contributed by atoms with van der Waals surface area (Å²) in [5.41, 5.74) is 2.10. The Morgan fingerprint density at radius 1 is 1.08 bits per heavy atom. The van der Waals surface area contributed by atoms with Crippen molar-refractivity contribution in [1.29, 1.82) is 0 Å². The van der Waals surface area contributed by atoms with E-state index in [1.54, 1.807) is 0 Å². The lowest BCUT2D eigenvalue weighted by Gasteiger charge is -2.22. The summed E-state index contributed by atoms with van der Waals surface area (Å²) in [6.07, 6.45) is 9.04. The van der Waals surface area contributed by atoms with Crippen molar-refractivity contribution in [2.24, 2.45) is 0 Å². The fourth-order valence-corrected chi connectivity index (χ4v) is 3.86. The second kappa shape index (κ2) is 8.32. The molecule has 1 aliphatic carbocycles. The van der Waals surface area contributed by atoms with Crippen molar-refractivity contribution >= 4 is 11.8 Å². The van der Waals surface area contributed by atoms with E-state index < -0.39 is 0 Å². The molecule has 24 heavy (non-hydrogen) atoms. The average molecular weight is 328 g/mol. The minimum atomic E-state index is -0.0158. The monoisotopic (exact) mass is 328 g/mol. The van der Waals surface area contributed by atoms with Gasteiger partial charge >= 0.3 is 0 Å². The molecule has 130 valence electrons. The molecule has 0 unspecified atom stereocenters. The number of rotatable bonds is 6. The maximum atomic E-state index is 12.2. The zero-order valence-electron chi connectivity index (χ0n) is 14.4. The summed E-state index contributed by atoms with van der Waals surface area (Å²) in [6, 6.07) is 8.13. The first-order valence-corrected chi connectivity index (χ1v) is 9.40. The highest BCUT2D eigenvalue weighted by molar-refractivity contribution is 5.94. The van der Waals surface area contributed by atoms with Gasteiger partial charge in [0.05, 0.1) is 0 Å². The number of nitrogens with one attached hydrogen (secondary N) is 1. The van der Waals surface area contributed by atoms with Crippen LogP contribution in [0.25, 0.3) is 0 Å². The van der Waals surface area contributed by atoms with E-state index in [1.807, 2.05) is 17.0 Å². The van der Waals surface area contributed by atoms with Crippen LogP contribution in [-0.2, 0) is 4.79 Å². The van der Waals surface area contributed by atoms with Crippen molar-refractivity contribution in [2.75, 3.05) is 19.6 Å². The number of carbonyl (C=O) groups is 2. The fraction of sp³-hybridized carbons (Fsp3) is 0.600. The molecule has 1 aromatic rings. The molecule has 4 nitrogen and oxygen atoms in total. The lowest BCUT2D eigenvalue weighted by Crippen LogP contribution is -2.30. The lowest BCUT2D eigenvalue weighted by molar-refractivity contribution is -0.127. The third-order valence-corrected chi connectivity index (χ3v) is 5.31. The largest absolute Gasteiger partial charge is 0.352 e. The predicted molar refractivity (Wildman–Crippen MR) is 95.0 cm³/mol. The third-order valence-electron chi connectivity index (χ3n) is 5.31. The molecule has 0 bridgehead atoms. The highest BCUT2D eigenvalue weighted by atomic mass is 16.2. The van der Waals surface area contributed by atoms with E-state index in [0.717, 1.165) is 31.5 Å². The van der Waals surface area contributed by atoms with Gasteiger partial charge in [0.25, 0.3) is 5.91 Å². The van der Waals surface area contributed by atoms with Gasteiger partial charge in [-0.25, -0.2) is 0 Å². The van der Waals surface area contributed by atoms with Gasteiger partial charge in [-0.2, -0.15) is 0 Å². The van der Waals surface area contributed by atoms with Gasteiger partial charge in [0.2, 0.25) is 5.91 Å². The summed E-state index contributed by atoms with van der Waals surface area (Å²) >= 11 is 0. The maximum Gasteiger partial charge on any atom is 0.251 e. The van der Waals surface area contributed by atoms with Gasteiger partial charge in [-0.3, -0.25) is 9.59 Å². The van der Waals surface area contributed by atoms with Crippen LogP contribution < -0.4 is 5.32 Å². The zero-order valence-corrected chi connectivity index (χ0v) is 14.4. The number of nitrogens with zero attached hydrogens (tertiary/aromatic N) is 1. The molecule has 1 N–H and O–H groups in total. The summed E-state index contributed by atoms with van der Waals surface area (Å²) in [5.74, 6) is 0.909. The molecule has 2 amide bonds. The van der Waals surface area contributed by atoms with Crippen LogP contribution in [0.3, 0.4) is 0 Å². The molecular formula is C20H28N2O2. The van der Waals surface area contributed by atoms with Crippen LogP contribution in [0, 0.1) is 0 Å². The van der Waals surface area contributed by atoms with E-state index in [2.05, 4.69) is 17.4 Å². The number of hydrogen-bond acceptors (Lipinski definition) is 2. The van der Waals surface area contributed by atoms with Gasteiger partial charge in [0.15, 0.2) is 0 Å². The molecule has 3 rings (SSSR count). The summed E-state index contributed by atoms with van der Waals surface area (Å²) in [4.78, 5) is 25.6. The van der Waals surface area contributed by atoms with E-state index in [4.69, 9.17) is 0 Å². The lowest BCUT2D eigenvalue weighted by atomic mass is 9.84. The Morgan fingerprint density at radius 2 is 1.83 bits per heavy atom. The second-order valence-electron chi connectivity index (χ2n) is 7.05. The molecule has 1 heterocycles. The van der Waals surface area contributed by atoms with E-state index in [1.165, 1.54) is 37.7 Å². The molecule has 0 radical (unpaired) electrons. The van der Waals surface area contributed by atoms with Crippen LogP contribution in [0.15, 0.2) is 24.3 Å². The molecule has 0 atom stereocenters. The molecule has 1 saturated carbocycles. The maximum absolute atomic E-state index is 12.2. The van der Waals surface area contributed by atoms with Crippen LogP contribution >= 0.6 is 0 Å². The zero-order chi connectivity index (χ0) is 16.8. The Hall–Kier alpha value is -1.84. The van der Waals surface area contributed by atoms with Crippen LogP contribution in [0.1, 0.15) is 73.2 Å². The standard InChI is InChI=1S/C20H28N2O2/c23-19-8-4-14-22(19)15-5-13-21-20(24)18-11-9-17(10-12-18)16-6-2-1-3-7-16/h9-12,16H,1-8,13-15H2,(H,21,24). The quantitative estimate of drug-likeness (QED) is 0.813. The summed E-state index contributed by atoms with van der Waals surface area (Å²) in [7, 11) is 0. The first kappa shape index (κ1) is 17.0. The Morgan fingerprint density at radius 3 is 2.50 bits per heavy atom. The third kappa shape index (κ3) is 4.37. The molecule has 2 fully saturated rings. The molecule has 1 aromatic carbocycles. The summed E-state index contributed by atoms with van der Waals surface area (Å²) in [5, 5.41) is 2.96. The van der Waals surface area contributed by atoms with Crippen LogP contribution in [0.2, 0.25) is 0 Å². The highest BCUT2D eigenvalue weighted by Gasteiger charge is 2.19. The van der Waals surface area contributed by atoms with Crippen molar-refractivity contribution in [3.8, 4) is 0 Å². The topological polar surface area (TPSA) is 49.4 Å². The Bertz CT molecular complexity index is 562. The smallest absolute Gasteiger partial charge is 0.251 e. The molecule has 2 aliphatic rings. The average Bonchev–Trinajstić information content (AvgIpc) is 3.04. The fourth-order valence-electron chi connectivity index (χ4n) is 3.86.